The van der Waals surface area contributed by atoms with Crippen molar-refractivity contribution in [3.63, 3.8) is 0 Å². The molecule has 0 aromatic heterocycles. The maximum absolute atomic E-state index is 5.65. The lowest BCUT2D eigenvalue weighted by molar-refractivity contribution is -0.0739. The first-order chi connectivity index (χ1) is 10.3. The molecule has 1 atom stereocenters. The predicted molar refractivity (Wildman–Crippen MR) is 84.5 cm³/mol. The average molecular weight is 284 g/mol. The molecule has 0 fully saturated rings. The van der Waals surface area contributed by atoms with Crippen LogP contribution in [0.4, 0.5) is 0 Å². The van der Waals surface area contributed by atoms with Crippen molar-refractivity contribution in [1.82, 2.24) is 0 Å². The van der Waals surface area contributed by atoms with Crippen LogP contribution >= 0.6 is 0 Å². The molecule has 21 heavy (non-hydrogen) atoms. The fourth-order valence-corrected chi connectivity index (χ4v) is 1.80. The van der Waals surface area contributed by atoms with Crippen molar-refractivity contribution in [2.75, 3.05) is 13.2 Å². The fourth-order valence-electron chi connectivity index (χ4n) is 1.80. The molecule has 0 aliphatic rings. The smallest absolute Gasteiger partial charge is 0.197 e. The topological polar surface area (TPSA) is 27.7 Å². The van der Waals surface area contributed by atoms with Gasteiger partial charge in [-0.2, -0.15) is 0 Å². The summed E-state index contributed by atoms with van der Waals surface area (Å²) in [6.45, 7) is 6.55. The molecule has 2 rings (SSSR count). The third kappa shape index (κ3) is 5.32. The zero-order chi connectivity index (χ0) is 14.9. The minimum atomic E-state index is -0.320. The minimum absolute atomic E-state index is 0.320. The summed E-state index contributed by atoms with van der Waals surface area (Å²) >= 11 is 0. The van der Waals surface area contributed by atoms with Crippen LogP contribution in [0.15, 0.2) is 61.2 Å². The molecule has 110 valence electrons. The van der Waals surface area contributed by atoms with Crippen LogP contribution in [0.3, 0.4) is 0 Å². The summed E-state index contributed by atoms with van der Waals surface area (Å²) in [5, 5.41) is 0. The van der Waals surface area contributed by atoms with Crippen LogP contribution in [-0.4, -0.2) is 19.5 Å². The molecular weight excluding hydrogens is 264 g/mol. The van der Waals surface area contributed by atoms with Crippen LogP contribution in [0, 0.1) is 0 Å². The highest BCUT2D eigenvalue weighted by Gasteiger charge is 2.04. The van der Waals surface area contributed by atoms with E-state index in [-0.39, 0.29) is 6.29 Å². The van der Waals surface area contributed by atoms with Gasteiger partial charge in [-0.25, -0.2) is 0 Å². The standard InChI is InChI=1S/C18H20O3/c1-3-16-9-11-18(12-10-16)21-15(2)19-13-14-20-17-7-5-4-6-8-17/h3-12,15H,1,13-14H2,2H3. The van der Waals surface area contributed by atoms with E-state index in [1.54, 1.807) is 6.08 Å². The van der Waals surface area contributed by atoms with Gasteiger partial charge in [0.1, 0.15) is 18.1 Å². The Labute approximate surface area is 125 Å². The van der Waals surface area contributed by atoms with Crippen LogP contribution in [-0.2, 0) is 4.74 Å². The van der Waals surface area contributed by atoms with Gasteiger partial charge in [-0.1, -0.05) is 43.0 Å². The second kappa shape index (κ2) is 8.12. The first kappa shape index (κ1) is 15.1. The highest BCUT2D eigenvalue weighted by Crippen LogP contribution is 2.15. The quantitative estimate of drug-likeness (QED) is 0.538. The van der Waals surface area contributed by atoms with Gasteiger partial charge in [0.05, 0.1) is 6.61 Å². The SMILES string of the molecule is C=Cc1ccc(OC(C)OCCOc2ccccc2)cc1. The molecule has 3 nitrogen and oxygen atoms in total. The summed E-state index contributed by atoms with van der Waals surface area (Å²) in [5.41, 5.74) is 1.06. The van der Waals surface area contributed by atoms with E-state index in [0.29, 0.717) is 13.2 Å². The van der Waals surface area contributed by atoms with Crippen LogP contribution in [0.1, 0.15) is 12.5 Å². The van der Waals surface area contributed by atoms with Crippen LogP contribution in [0.5, 0.6) is 11.5 Å². The van der Waals surface area contributed by atoms with Crippen LogP contribution in [0.2, 0.25) is 0 Å². The molecule has 2 aromatic carbocycles. The van der Waals surface area contributed by atoms with Gasteiger partial charge in [0.15, 0.2) is 6.29 Å². The number of rotatable bonds is 8. The van der Waals surface area contributed by atoms with Gasteiger partial charge in [-0.3, -0.25) is 0 Å². The second-order valence-electron chi connectivity index (χ2n) is 4.49. The van der Waals surface area contributed by atoms with Crippen molar-refractivity contribution >= 4 is 6.08 Å². The lowest BCUT2D eigenvalue weighted by atomic mass is 10.2. The number of hydrogen-bond acceptors (Lipinski definition) is 3. The van der Waals surface area contributed by atoms with E-state index in [0.717, 1.165) is 17.1 Å². The molecule has 0 saturated carbocycles. The van der Waals surface area contributed by atoms with Crippen molar-refractivity contribution in [1.29, 1.82) is 0 Å². The highest BCUT2D eigenvalue weighted by molar-refractivity contribution is 5.48. The van der Waals surface area contributed by atoms with Crippen molar-refractivity contribution in [3.05, 3.63) is 66.7 Å². The third-order valence-corrected chi connectivity index (χ3v) is 2.87. The fraction of sp³-hybridized carbons (Fsp3) is 0.222. The van der Waals surface area contributed by atoms with Crippen molar-refractivity contribution in [2.45, 2.75) is 13.2 Å². The highest BCUT2D eigenvalue weighted by atomic mass is 16.7. The molecule has 0 spiro atoms. The largest absolute Gasteiger partial charge is 0.491 e. The van der Waals surface area contributed by atoms with Crippen molar-refractivity contribution in [3.8, 4) is 11.5 Å². The number of para-hydroxylation sites is 1. The Morgan fingerprint density at radius 1 is 0.952 bits per heavy atom. The van der Waals surface area contributed by atoms with E-state index in [1.807, 2.05) is 61.5 Å². The zero-order valence-electron chi connectivity index (χ0n) is 12.2. The summed E-state index contributed by atoms with van der Waals surface area (Å²) in [6, 6.07) is 17.4. The zero-order valence-corrected chi connectivity index (χ0v) is 12.2. The molecule has 0 aliphatic heterocycles. The molecular formula is C18H20O3. The van der Waals surface area contributed by atoms with Crippen LogP contribution in [0.25, 0.3) is 6.08 Å². The molecule has 0 aliphatic carbocycles. The maximum Gasteiger partial charge on any atom is 0.197 e. The summed E-state index contributed by atoms with van der Waals surface area (Å²) in [5.74, 6) is 1.62. The molecule has 0 saturated heterocycles. The van der Waals surface area contributed by atoms with Gasteiger partial charge in [0, 0.05) is 0 Å². The van der Waals surface area contributed by atoms with Crippen molar-refractivity contribution in [2.24, 2.45) is 0 Å². The Balaban J connectivity index is 1.67. The number of ether oxygens (including phenoxy) is 3. The molecule has 0 heterocycles. The Bertz CT molecular complexity index is 534. The summed E-state index contributed by atoms with van der Waals surface area (Å²) in [7, 11) is 0. The lowest BCUT2D eigenvalue weighted by Gasteiger charge is -2.15. The predicted octanol–water partition coefficient (Wildman–Crippen LogP) is 4.15. The first-order valence-corrected chi connectivity index (χ1v) is 6.96. The maximum atomic E-state index is 5.65. The average Bonchev–Trinajstić information content (AvgIpc) is 2.53. The van der Waals surface area contributed by atoms with Gasteiger partial charge >= 0.3 is 0 Å². The minimum Gasteiger partial charge on any atom is -0.491 e. The Hall–Kier alpha value is -2.26. The van der Waals surface area contributed by atoms with E-state index in [1.165, 1.54) is 0 Å². The Morgan fingerprint density at radius 3 is 2.33 bits per heavy atom. The van der Waals surface area contributed by atoms with E-state index in [2.05, 4.69) is 6.58 Å². The van der Waals surface area contributed by atoms with E-state index < -0.39 is 0 Å². The van der Waals surface area contributed by atoms with Gasteiger partial charge < -0.3 is 14.2 Å². The first-order valence-electron chi connectivity index (χ1n) is 6.96. The van der Waals surface area contributed by atoms with Gasteiger partial charge in [0.25, 0.3) is 0 Å². The molecule has 3 heteroatoms. The summed E-state index contributed by atoms with van der Waals surface area (Å²) < 4.78 is 16.8. The molecule has 0 amide bonds. The van der Waals surface area contributed by atoms with Gasteiger partial charge in [-0.15, -0.1) is 0 Å². The third-order valence-electron chi connectivity index (χ3n) is 2.87. The summed E-state index contributed by atoms with van der Waals surface area (Å²) in [4.78, 5) is 0. The monoisotopic (exact) mass is 284 g/mol. The van der Waals surface area contributed by atoms with Crippen molar-refractivity contribution < 1.29 is 14.2 Å². The summed E-state index contributed by atoms with van der Waals surface area (Å²) in [6.07, 6.45) is 1.48. The van der Waals surface area contributed by atoms with E-state index in [4.69, 9.17) is 14.2 Å². The molecule has 2 aromatic rings. The normalized spacial score (nSPS) is 11.7. The second-order valence-corrected chi connectivity index (χ2v) is 4.49. The number of hydrogen-bond donors (Lipinski definition) is 0. The molecule has 1 unspecified atom stereocenters. The molecule has 0 N–H and O–H groups in total. The van der Waals surface area contributed by atoms with E-state index in [9.17, 15) is 0 Å². The van der Waals surface area contributed by atoms with E-state index >= 15 is 0 Å². The Kier molecular flexibility index (Phi) is 5.85. The Morgan fingerprint density at radius 2 is 1.67 bits per heavy atom. The lowest BCUT2D eigenvalue weighted by Crippen LogP contribution is -2.19. The molecule has 0 radical (unpaired) electrons. The number of benzene rings is 2. The van der Waals surface area contributed by atoms with Gasteiger partial charge in [-0.05, 0) is 36.8 Å². The van der Waals surface area contributed by atoms with Gasteiger partial charge in [0.2, 0.25) is 0 Å². The molecule has 0 bridgehead atoms. The van der Waals surface area contributed by atoms with Crippen LogP contribution < -0.4 is 9.47 Å².